The van der Waals surface area contributed by atoms with Gasteiger partial charge in [0.1, 0.15) is 51.0 Å². The number of aryl methyl sites for hydroxylation is 1. The van der Waals surface area contributed by atoms with Crippen molar-refractivity contribution in [2.24, 2.45) is 54.7 Å². The topological polar surface area (TPSA) is 304 Å². The number of halogens is 4. The highest BCUT2D eigenvalue weighted by Gasteiger charge is 2.54. The molecule has 29 heteroatoms. The van der Waals surface area contributed by atoms with Gasteiger partial charge < -0.3 is 46.8 Å². The molecule has 0 spiro atoms. The number of pyridine rings is 1. The number of benzene rings is 7. The summed E-state index contributed by atoms with van der Waals surface area (Å²) in [7, 11) is 8.07. The number of hydrogen-bond donors (Lipinski definition) is 4. The first-order valence-corrected chi connectivity index (χ1v) is 43.7. The maximum absolute atomic E-state index is 14.7. The van der Waals surface area contributed by atoms with Gasteiger partial charge in [-0.15, -0.1) is 22.7 Å². The number of ether oxygens (including phenoxy) is 1. The fourth-order valence-corrected chi connectivity index (χ4v) is 20.7. The highest BCUT2D eigenvalue weighted by molar-refractivity contribution is 7.11. The zero-order chi connectivity index (χ0) is 89.4. The minimum Gasteiger partial charge on any atom is -0.481 e. The van der Waals surface area contributed by atoms with Crippen LogP contribution in [0.5, 0.6) is 5.88 Å². The number of nitrogens with zero attached hydrogens (tertiary/aromatic N) is 13. The van der Waals surface area contributed by atoms with Crippen molar-refractivity contribution in [2.45, 2.75) is 113 Å². The number of thiophene rings is 2. The van der Waals surface area contributed by atoms with Crippen molar-refractivity contribution in [3.05, 3.63) is 277 Å². The number of aliphatic imine (C=N–C) groups is 4. The third kappa shape index (κ3) is 16.9. The summed E-state index contributed by atoms with van der Waals surface area (Å²) in [5.41, 5.74) is 32.6. The number of rotatable bonds is 14. The molecule has 8 N–H and O–H groups in total. The van der Waals surface area contributed by atoms with Crippen LogP contribution in [0.2, 0.25) is 0 Å². The molecule has 3 saturated heterocycles. The number of guanidine groups is 4. The average molecular weight is 1740 g/mol. The van der Waals surface area contributed by atoms with Gasteiger partial charge in [0.15, 0.2) is 23.8 Å². The summed E-state index contributed by atoms with van der Waals surface area (Å²) in [5.74, 6) is -4.65. The summed E-state index contributed by atoms with van der Waals surface area (Å²) < 4.78 is 67.1. The lowest BCUT2D eigenvalue weighted by atomic mass is 9.70. The minimum absolute atomic E-state index is 0.00571. The maximum atomic E-state index is 14.7. The lowest BCUT2D eigenvalue weighted by molar-refractivity contribution is -0.137. The molecule has 650 valence electrons. The molecule has 4 aromatic heterocycles. The van der Waals surface area contributed by atoms with E-state index in [1.165, 1.54) is 92.1 Å². The lowest BCUT2D eigenvalue weighted by Crippen LogP contribution is -2.56. The Labute approximate surface area is 738 Å². The number of piperidine rings is 1. The molecule has 7 aliphatic heterocycles. The molecular formula is C97H101F4N17O6S2. The average Bonchev–Trinajstić information content (AvgIpc) is 1.28. The van der Waals surface area contributed by atoms with Gasteiger partial charge in [-0.3, -0.25) is 38.8 Å². The molecule has 7 aliphatic rings. The second-order valence-corrected chi connectivity index (χ2v) is 35.5. The molecule has 0 aliphatic carbocycles. The molecule has 0 bridgehead atoms. The number of anilines is 3. The molecule has 0 unspecified atom stereocenters. The summed E-state index contributed by atoms with van der Waals surface area (Å²) in [6.07, 6.45) is 8.17. The summed E-state index contributed by atoms with van der Waals surface area (Å²) >= 11 is 3.15. The first-order valence-electron chi connectivity index (χ1n) is 41.9. The van der Waals surface area contributed by atoms with Gasteiger partial charge in [-0.2, -0.15) is 5.26 Å². The molecule has 11 aromatic rings. The zero-order valence-corrected chi connectivity index (χ0v) is 73.5. The number of hydrogen-bond acceptors (Lipinski definition) is 21. The van der Waals surface area contributed by atoms with E-state index in [0.29, 0.717) is 22.6 Å². The van der Waals surface area contributed by atoms with Gasteiger partial charge in [-0.25, -0.2) is 42.5 Å². The number of methoxy groups -OCH3 is 1. The van der Waals surface area contributed by atoms with Crippen molar-refractivity contribution in [2.75, 3.05) is 89.3 Å². The van der Waals surface area contributed by atoms with E-state index in [1.54, 1.807) is 78.9 Å². The van der Waals surface area contributed by atoms with E-state index in [2.05, 4.69) is 85.3 Å². The number of carbonyl (C=O) groups is 4. The van der Waals surface area contributed by atoms with Crippen molar-refractivity contribution >= 4 is 98.2 Å². The number of carbonyl (C=O) groups excluding carboxylic acids is 4. The summed E-state index contributed by atoms with van der Waals surface area (Å²) in [6.45, 7) is 15.4. The van der Waals surface area contributed by atoms with Crippen molar-refractivity contribution in [1.29, 1.82) is 5.26 Å². The van der Waals surface area contributed by atoms with Crippen LogP contribution in [0, 0.1) is 53.4 Å². The van der Waals surface area contributed by atoms with Crippen LogP contribution in [0.25, 0.3) is 33.4 Å². The fraction of sp³-hybridized carbons (Fsp3) is 0.320. The summed E-state index contributed by atoms with van der Waals surface area (Å²) in [6, 6.07) is 57.9. The Morgan fingerprint density at radius 1 is 0.476 bits per heavy atom. The van der Waals surface area contributed by atoms with Gasteiger partial charge in [0, 0.05) is 140 Å². The molecule has 11 heterocycles. The normalized spacial score (nSPS) is 23.3. The van der Waals surface area contributed by atoms with Crippen LogP contribution >= 0.6 is 22.7 Å². The number of nitrogens with two attached hydrogens (primary N) is 4. The van der Waals surface area contributed by atoms with E-state index in [9.17, 15) is 42.0 Å². The molecule has 126 heavy (non-hydrogen) atoms. The number of likely N-dealkylation sites (N-methyl/N-ethyl adjacent to an activating group) is 3. The number of aromatic nitrogens is 1. The van der Waals surface area contributed by atoms with E-state index in [-0.39, 0.29) is 70.4 Å². The second kappa shape index (κ2) is 35.8. The second-order valence-electron chi connectivity index (χ2n) is 33.6. The Balaban J connectivity index is 0.000000130. The smallest absolute Gasteiger partial charge is 0.239 e. The minimum atomic E-state index is -1.29. The molecular weight excluding hydrogens is 1640 g/mol. The van der Waals surface area contributed by atoms with Gasteiger partial charge in [0.2, 0.25) is 29.5 Å². The Hall–Kier alpha value is -13.2. The van der Waals surface area contributed by atoms with E-state index >= 15 is 0 Å². The lowest BCUT2D eigenvalue weighted by Gasteiger charge is -2.46. The highest BCUT2D eigenvalue weighted by Crippen LogP contribution is 2.52. The highest BCUT2D eigenvalue weighted by atomic mass is 32.1. The molecule has 0 saturated carbocycles. The predicted molar refractivity (Wildman–Crippen MR) is 488 cm³/mol. The molecule has 8 atom stereocenters. The first-order chi connectivity index (χ1) is 60.3. The zero-order valence-electron chi connectivity index (χ0n) is 71.9. The van der Waals surface area contributed by atoms with Crippen molar-refractivity contribution in [3.8, 4) is 34.3 Å². The fourth-order valence-electron chi connectivity index (χ4n) is 18.6. The Morgan fingerprint density at radius 2 is 0.944 bits per heavy atom. The van der Waals surface area contributed by atoms with Crippen molar-refractivity contribution < 1.29 is 45.9 Å². The van der Waals surface area contributed by atoms with Crippen molar-refractivity contribution in [3.63, 3.8) is 0 Å². The van der Waals surface area contributed by atoms with E-state index < -0.39 is 63.2 Å². The van der Waals surface area contributed by atoms with Crippen LogP contribution in [0.4, 0.5) is 34.6 Å². The Morgan fingerprint density at radius 3 is 1.46 bits per heavy atom. The van der Waals surface area contributed by atoms with Crippen LogP contribution in [-0.4, -0.2) is 147 Å². The molecule has 3 fully saturated rings. The van der Waals surface area contributed by atoms with Gasteiger partial charge in [0.05, 0.1) is 54.4 Å². The molecule has 7 aromatic carbocycles. The first kappa shape index (κ1) is 87.7. The maximum Gasteiger partial charge on any atom is 0.239 e. The van der Waals surface area contributed by atoms with Crippen LogP contribution < -0.4 is 42.4 Å². The van der Waals surface area contributed by atoms with Gasteiger partial charge in [0.25, 0.3) is 0 Å². The van der Waals surface area contributed by atoms with Crippen molar-refractivity contribution in [1.82, 2.24) is 24.6 Å². The van der Waals surface area contributed by atoms with Gasteiger partial charge in [-0.1, -0.05) is 78.9 Å². The Kier molecular flexibility index (Phi) is 24.9. The number of furan rings is 1. The quantitative estimate of drug-likeness (QED) is 0.0736. The number of fused-ring (bicyclic) bond motifs is 1. The third-order valence-corrected chi connectivity index (χ3v) is 28.1. The molecule has 0 radical (unpaired) electrons. The number of para-hydroxylation sites is 1. The van der Waals surface area contributed by atoms with E-state index in [4.69, 9.17) is 42.1 Å². The van der Waals surface area contributed by atoms with Gasteiger partial charge >= 0.3 is 0 Å². The standard InChI is InChI=1S/C29H31N5OS.C24H22N4O3S.2C22H24F2N4O/c1-19-7-4-5-10-24(19)34-13-11-21(12-14-34)26-27(35)33(3)28(31)32-29(26,2)25-16-23(18-36-25)22-9-6-8-20(15-22)17-30;1-24(19-12-16(13-32-19)17-5-4-6-20(26-17)30-3)21(22(29)28(2)23(25)27-24)15-7-8-18-14(11-15)9-10-31-18;2*1-22(17-10-7-15(23)13-18(17)24)19(20(29)27(2)21(25)26-22)14-5-8-16(9-6-14)28-11-3-4-12-28/h4-10,15-16,18,21,26H,11-14H2,1-3H3,(H2,31,32);4-13,21H,1-3H3,(H2,25,27);2*5-10,13,19H,3-4,11-12H2,1-2H3,(H2,25,26)/t26-,29-;21-,24+;19-,22+;19-,22-/m1001/s1. The molecule has 18 rings (SSSR count). The largest absolute Gasteiger partial charge is 0.481 e. The summed E-state index contributed by atoms with van der Waals surface area (Å²) in [5, 5.41) is 14.4. The van der Waals surface area contributed by atoms with Gasteiger partial charge in [-0.05, 0) is 209 Å². The van der Waals surface area contributed by atoms with Crippen LogP contribution in [0.15, 0.2) is 229 Å². The molecule has 23 nitrogen and oxygen atoms in total. The van der Waals surface area contributed by atoms with Crippen LogP contribution in [0.1, 0.15) is 133 Å². The SMILES string of the molecule is CN1C(=O)[C@@H](c2ccc(N3CCCC3)cc2)[C@@](C)(c2ccc(F)cc2F)N=C1N.CN1C(=O)[C@H](c2ccc(N3CCCC3)cc2)[C@@](C)(c2ccc(F)cc2F)N=C1N.COc1cccc(-c2csc([C@@]3(C)N=C(N)N(C)C(=O)[C@@H]3c3ccc4occc4c3)c2)n1.Cc1ccccc1N1CCC([C@@H]2C(=O)N(C)C(N)=N[C@]2(C)c2cc(-c3cccc(C#N)c3)cs2)CC1. The number of amides is 4. The van der Waals surface area contributed by atoms with E-state index in [1.807, 2.05) is 121 Å². The monoisotopic (exact) mass is 1740 g/mol. The van der Waals surface area contributed by atoms with Crippen LogP contribution in [0.3, 0.4) is 0 Å². The molecule has 4 amide bonds. The summed E-state index contributed by atoms with van der Waals surface area (Å²) in [4.78, 5) is 91.4. The number of nitriles is 1. The third-order valence-electron chi connectivity index (χ3n) is 25.8. The van der Waals surface area contributed by atoms with E-state index in [0.717, 1.165) is 124 Å². The Bertz CT molecular complexity index is 5970. The predicted octanol–water partition coefficient (Wildman–Crippen LogP) is 16.2. The van der Waals surface area contributed by atoms with Crippen LogP contribution in [-0.2, 0) is 41.3 Å².